The molecule has 0 radical (unpaired) electrons. The minimum absolute atomic E-state index is 0.0864. The maximum Gasteiger partial charge on any atom is 0.249 e. The van der Waals surface area contributed by atoms with Gasteiger partial charge >= 0.3 is 0 Å². The van der Waals surface area contributed by atoms with Crippen molar-refractivity contribution in [3.05, 3.63) is 0 Å². The van der Waals surface area contributed by atoms with E-state index in [1.165, 1.54) is 25.8 Å². The van der Waals surface area contributed by atoms with Gasteiger partial charge < -0.3 is 15.4 Å². The predicted molar refractivity (Wildman–Crippen MR) is 119 cm³/mol. The number of carbonyl (C=O) groups is 1. The Labute approximate surface area is 182 Å². The van der Waals surface area contributed by atoms with Crippen molar-refractivity contribution in [2.24, 2.45) is 17.8 Å². The van der Waals surface area contributed by atoms with E-state index in [-0.39, 0.29) is 30.4 Å². The lowest BCUT2D eigenvalue weighted by molar-refractivity contribution is -0.132. The molecule has 9 unspecified atom stereocenters. The molecule has 5 N–H and O–H groups in total. The molecule has 4 aliphatic rings. The van der Waals surface area contributed by atoms with Crippen LogP contribution in [-0.2, 0) is 9.53 Å². The first-order valence-corrected chi connectivity index (χ1v) is 12.4. The van der Waals surface area contributed by atoms with E-state index in [1.54, 1.807) is 0 Å². The zero-order valence-corrected chi connectivity index (χ0v) is 19.1. The lowest BCUT2D eigenvalue weighted by atomic mass is 9.82. The molecule has 9 atom stereocenters. The molecule has 7 heteroatoms. The minimum atomic E-state index is -0.271. The van der Waals surface area contributed by atoms with Gasteiger partial charge in [-0.2, -0.15) is 0 Å². The highest BCUT2D eigenvalue weighted by Crippen LogP contribution is 2.28. The van der Waals surface area contributed by atoms with Crippen LogP contribution in [0.5, 0.6) is 0 Å². The van der Waals surface area contributed by atoms with Crippen molar-refractivity contribution in [1.29, 1.82) is 0 Å². The van der Waals surface area contributed by atoms with E-state index in [0.29, 0.717) is 23.9 Å². The number of hydrogen-bond acceptors (Lipinski definition) is 6. The lowest BCUT2D eigenvalue weighted by Gasteiger charge is -2.42. The largest absolute Gasteiger partial charge is 0.365 e. The maximum absolute atomic E-state index is 12.7. The van der Waals surface area contributed by atoms with Crippen LogP contribution in [-0.4, -0.2) is 62.2 Å². The third-order valence-corrected chi connectivity index (χ3v) is 8.07. The average Bonchev–Trinajstić information content (AvgIpc) is 3.10. The quantitative estimate of drug-likeness (QED) is 0.460. The van der Waals surface area contributed by atoms with Crippen LogP contribution in [0.15, 0.2) is 0 Å². The fourth-order valence-corrected chi connectivity index (χ4v) is 5.78. The van der Waals surface area contributed by atoms with Gasteiger partial charge in [-0.15, -0.1) is 0 Å². The first-order chi connectivity index (χ1) is 14.5. The molecule has 0 spiro atoms. The van der Waals surface area contributed by atoms with Crippen LogP contribution in [0.2, 0.25) is 0 Å². The molecule has 0 bridgehead atoms. The standard InChI is InChI=1S/C23H43N5O2/c1-14-6-7-18(26-22(29)21-11-15(2)16(3)30-21)12-20(14)28-23-25-10-8-19(27-23)17-5-4-9-24-13-17/h14-21,23-25,27-28H,4-13H2,1-3H3,(H,26,29). The third-order valence-electron chi connectivity index (χ3n) is 8.07. The smallest absolute Gasteiger partial charge is 0.249 e. The highest BCUT2D eigenvalue weighted by atomic mass is 16.5. The predicted octanol–water partition coefficient (Wildman–Crippen LogP) is 1.30. The van der Waals surface area contributed by atoms with Crippen molar-refractivity contribution in [3.63, 3.8) is 0 Å². The second-order valence-electron chi connectivity index (χ2n) is 10.4. The Morgan fingerprint density at radius 2 is 1.87 bits per heavy atom. The second-order valence-corrected chi connectivity index (χ2v) is 10.4. The monoisotopic (exact) mass is 421 g/mol. The average molecular weight is 422 g/mol. The molecule has 4 fully saturated rings. The van der Waals surface area contributed by atoms with Crippen molar-refractivity contribution in [2.45, 2.75) is 102 Å². The Hall–Kier alpha value is -0.730. The molecule has 1 saturated carbocycles. The molecule has 1 aliphatic carbocycles. The fourth-order valence-electron chi connectivity index (χ4n) is 5.78. The van der Waals surface area contributed by atoms with Gasteiger partial charge in [0, 0.05) is 18.1 Å². The fraction of sp³-hybridized carbons (Fsp3) is 0.957. The lowest BCUT2D eigenvalue weighted by Crippen LogP contribution is -2.66. The van der Waals surface area contributed by atoms with Gasteiger partial charge in [-0.1, -0.05) is 13.8 Å². The summed E-state index contributed by atoms with van der Waals surface area (Å²) in [5.41, 5.74) is 0. The third kappa shape index (κ3) is 5.54. The van der Waals surface area contributed by atoms with Crippen molar-refractivity contribution >= 4 is 5.91 Å². The van der Waals surface area contributed by atoms with Gasteiger partial charge in [0.1, 0.15) is 12.4 Å². The van der Waals surface area contributed by atoms with E-state index < -0.39 is 0 Å². The summed E-state index contributed by atoms with van der Waals surface area (Å²) in [7, 11) is 0. The van der Waals surface area contributed by atoms with Crippen LogP contribution in [0.25, 0.3) is 0 Å². The summed E-state index contributed by atoms with van der Waals surface area (Å²) >= 11 is 0. The Morgan fingerprint density at radius 3 is 2.60 bits per heavy atom. The van der Waals surface area contributed by atoms with E-state index in [9.17, 15) is 4.79 Å². The number of nitrogens with one attached hydrogen (secondary N) is 5. The topological polar surface area (TPSA) is 86.5 Å². The van der Waals surface area contributed by atoms with Crippen LogP contribution in [0.1, 0.15) is 65.7 Å². The van der Waals surface area contributed by atoms with Gasteiger partial charge in [0.15, 0.2) is 0 Å². The van der Waals surface area contributed by atoms with Gasteiger partial charge in [0.25, 0.3) is 0 Å². The maximum atomic E-state index is 12.7. The molecular weight excluding hydrogens is 378 g/mol. The first-order valence-electron chi connectivity index (χ1n) is 12.4. The summed E-state index contributed by atoms with van der Waals surface area (Å²) in [6.07, 6.45) is 7.90. The molecule has 3 saturated heterocycles. The number of carbonyl (C=O) groups excluding carboxylic acids is 1. The number of piperidine rings is 1. The summed E-state index contributed by atoms with van der Waals surface area (Å²) in [6.45, 7) is 9.94. The van der Waals surface area contributed by atoms with Crippen molar-refractivity contribution in [3.8, 4) is 0 Å². The van der Waals surface area contributed by atoms with Crippen molar-refractivity contribution in [2.75, 3.05) is 19.6 Å². The van der Waals surface area contributed by atoms with Gasteiger partial charge in [-0.3, -0.25) is 20.7 Å². The first kappa shape index (κ1) is 22.5. The second kappa shape index (κ2) is 10.3. The number of ether oxygens (including phenoxy) is 1. The highest BCUT2D eigenvalue weighted by Gasteiger charge is 2.37. The van der Waals surface area contributed by atoms with Crippen LogP contribution in [0, 0.1) is 17.8 Å². The summed E-state index contributed by atoms with van der Waals surface area (Å²) < 4.78 is 5.86. The summed E-state index contributed by atoms with van der Waals surface area (Å²) in [6, 6.07) is 1.22. The van der Waals surface area contributed by atoms with Gasteiger partial charge in [-0.25, -0.2) is 0 Å². The zero-order valence-electron chi connectivity index (χ0n) is 19.1. The van der Waals surface area contributed by atoms with Gasteiger partial charge in [0.05, 0.1) is 6.10 Å². The normalized spacial score (nSPS) is 45.2. The van der Waals surface area contributed by atoms with E-state index in [1.807, 2.05) is 0 Å². The molecule has 172 valence electrons. The number of rotatable bonds is 5. The van der Waals surface area contributed by atoms with E-state index in [0.717, 1.165) is 44.7 Å². The molecule has 0 aromatic rings. The van der Waals surface area contributed by atoms with Gasteiger partial charge in [-0.05, 0) is 89.3 Å². The van der Waals surface area contributed by atoms with Crippen molar-refractivity contribution < 1.29 is 9.53 Å². The molecule has 3 aliphatic heterocycles. The summed E-state index contributed by atoms with van der Waals surface area (Å²) in [5.74, 6) is 1.89. The summed E-state index contributed by atoms with van der Waals surface area (Å²) in [5, 5.41) is 18.1. The molecule has 1 amide bonds. The van der Waals surface area contributed by atoms with Crippen LogP contribution in [0.3, 0.4) is 0 Å². The Bertz CT molecular complexity index is 560. The molecule has 3 heterocycles. The van der Waals surface area contributed by atoms with Gasteiger partial charge in [0.2, 0.25) is 5.91 Å². The van der Waals surface area contributed by atoms with Crippen molar-refractivity contribution in [1.82, 2.24) is 26.6 Å². The number of hydrogen-bond donors (Lipinski definition) is 5. The van der Waals surface area contributed by atoms with E-state index in [2.05, 4.69) is 47.4 Å². The molecule has 30 heavy (non-hydrogen) atoms. The Balaban J connectivity index is 1.26. The number of amides is 1. The molecule has 0 aromatic heterocycles. The zero-order chi connectivity index (χ0) is 21.1. The van der Waals surface area contributed by atoms with Crippen LogP contribution in [0.4, 0.5) is 0 Å². The van der Waals surface area contributed by atoms with E-state index >= 15 is 0 Å². The summed E-state index contributed by atoms with van der Waals surface area (Å²) in [4.78, 5) is 12.7. The molecular formula is C23H43N5O2. The molecule has 7 nitrogen and oxygen atoms in total. The molecule has 4 rings (SSSR count). The van der Waals surface area contributed by atoms with Crippen LogP contribution >= 0.6 is 0 Å². The molecule has 0 aromatic carbocycles. The SMILES string of the molecule is CC1CCC(NC(=O)C2CC(C)C(C)O2)CC1NC1NCCC(C2CCCNC2)N1. The highest BCUT2D eigenvalue weighted by molar-refractivity contribution is 5.81. The Morgan fingerprint density at radius 1 is 1.00 bits per heavy atom. The Kier molecular flexibility index (Phi) is 7.68. The van der Waals surface area contributed by atoms with E-state index in [4.69, 9.17) is 4.74 Å². The minimum Gasteiger partial charge on any atom is -0.365 e. The van der Waals surface area contributed by atoms with Crippen LogP contribution < -0.4 is 26.6 Å².